The lowest BCUT2D eigenvalue weighted by atomic mass is 9.92. The van der Waals surface area contributed by atoms with E-state index in [0.717, 1.165) is 29.4 Å². The van der Waals surface area contributed by atoms with Gasteiger partial charge in [-0.3, -0.25) is 14.4 Å². The number of quaternary nitrogens is 1. The van der Waals surface area contributed by atoms with Crippen molar-refractivity contribution in [3.8, 4) is 5.75 Å². The molecule has 2 aliphatic rings. The minimum Gasteiger partial charge on any atom is -0.491 e. The van der Waals surface area contributed by atoms with Crippen LogP contribution >= 0.6 is 0 Å². The van der Waals surface area contributed by atoms with E-state index < -0.39 is 24.0 Å². The van der Waals surface area contributed by atoms with Crippen LogP contribution in [0.4, 0.5) is 0 Å². The Morgan fingerprint density at radius 1 is 1.25 bits per heavy atom. The normalized spacial score (nSPS) is 24.0. The quantitative estimate of drug-likeness (QED) is 0.296. The van der Waals surface area contributed by atoms with E-state index in [1.807, 2.05) is 32.0 Å². The topological polar surface area (TPSA) is 108 Å². The van der Waals surface area contributed by atoms with E-state index in [1.54, 1.807) is 11.0 Å². The van der Waals surface area contributed by atoms with Crippen molar-refractivity contribution < 1.29 is 28.7 Å². The third kappa shape index (κ3) is 6.97. The molecule has 2 fully saturated rings. The fourth-order valence-electron chi connectivity index (χ4n) is 5.18. The highest BCUT2D eigenvalue weighted by Crippen LogP contribution is 2.44. The Labute approximate surface area is 214 Å². The number of rotatable bonds is 12. The summed E-state index contributed by atoms with van der Waals surface area (Å²) in [6.07, 6.45) is 2.69. The zero-order chi connectivity index (χ0) is 26.5. The maximum Gasteiger partial charge on any atom is 0.246 e. The lowest BCUT2D eigenvalue weighted by Crippen LogP contribution is -2.61. The number of aliphatic hydroxyl groups is 1. The molecular formula is C27H43N4O5+. The molecule has 3 rings (SSSR count). The zero-order valence-corrected chi connectivity index (χ0v) is 22.3. The molecule has 4 atom stereocenters. The average molecular weight is 504 g/mol. The summed E-state index contributed by atoms with van der Waals surface area (Å²) in [5.74, 6) is -0.235. The molecule has 200 valence electrons. The molecule has 0 bridgehead atoms. The van der Waals surface area contributed by atoms with Gasteiger partial charge in [-0.15, -0.1) is 0 Å². The first-order valence-electron chi connectivity index (χ1n) is 13.1. The van der Waals surface area contributed by atoms with Crippen molar-refractivity contribution in [1.82, 2.24) is 15.5 Å². The SMILES string of the molecule is CC(C)C[C@@H]1NC(=O)[C@@H]2C[C@H](C(=O)NCCCC[N+](C)(C)C)[C@H](c3cccc(OCCO)c3)N2C1=O. The van der Waals surface area contributed by atoms with Crippen LogP contribution in [0.2, 0.25) is 0 Å². The molecular weight excluding hydrogens is 460 g/mol. The molecule has 0 radical (unpaired) electrons. The molecule has 1 aromatic rings. The molecule has 36 heavy (non-hydrogen) atoms. The van der Waals surface area contributed by atoms with Crippen molar-refractivity contribution in [3.63, 3.8) is 0 Å². The fraction of sp³-hybridized carbons (Fsp3) is 0.667. The Morgan fingerprint density at radius 3 is 2.67 bits per heavy atom. The van der Waals surface area contributed by atoms with Crippen molar-refractivity contribution in [2.24, 2.45) is 11.8 Å². The number of hydrogen-bond donors (Lipinski definition) is 3. The van der Waals surface area contributed by atoms with Crippen LogP contribution in [0, 0.1) is 11.8 Å². The number of carbonyl (C=O) groups is 3. The first-order chi connectivity index (χ1) is 17.0. The van der Waals surface area contributed by atoms with Crippen molar-refractivity contribution >= 4 is 17.7 Å². The number of aliphatic hydroxyl groups excluding tert-OH is 1. The number of nitrogens with one attached hydrogen (secondary N) is 2. The summed E-state index contributed by atoms with van der Waals surface area (Å²) in [6.45, 7) is 5.65. The van der Waals surface area contributed by atoms with E-state index in [4.69, 9.17) is 9.84 Å². The van der Waals surface area contributed by atoms with Gasteiger partial charge in [-0.1, -0.05) is 26.0 Å². The zero-order valence-electron chi connectivity index (χ0n) is 22.3. The summed E-state index contributed by atoms with van der Waals surface area (Å²) in [5.41, 5.74) is 0.754. The lowest BCUT2D eigenvalue weighted by Gasteiger charge is -2.39. The molecule has 0 saturated carbocycles. The average Bonchev–Trinajstić information content (AvgIpc) is 3.21. The molecule has 1 aromatic carbocycles. The van der Waals surface area contributed by atoms with Crippen LogP contribution in [0.15, 0.2) is 24.3 Å². The molecule has 0 aromatic heterocycles. The van der Waals surface area contributed by atoms with E-state index in [2.05, 4.69) is 31.8 Å². The number of unbranched alkanes of at least 4 members (excludes halogenated alkanes) is 1. The van der Waals surface area contributed by atoms with Crippen LogP contribution in [-0.4, -0.2) is 91.7 Å². The van der Waals surface area contributed by atoms with Crippen LogP contribution in [0.3, 0.4) is 0 Å². The van der Waals surface area contributed by atoms with Gasteiger partial charge in [-0.2, -0.15) is 0 Å². The first kappa shape index (κ1) is 27.9. The van der Waals surface area contributed by atoms with Gasteiger partial charge in [0.2, 0.25) is 17.7 Å². The number of amides is 3. The summed E-state index contributed by atoms with van der Waals surface area (Å²) in [5, 5.41) is 15.1. The van der Waals surface area contributed by atoms with Gasteiger partial charge in [0.1, 0.15) is 24.4 Å². The van der Waals surface area contributed by atoms with Gasteiger partial charge in [0.25, 0.3) is 0 Å². The summed E-state index contributed by atoms with van der Waals surface area (Å²) in [7, 11) is 6.43. The van der Waals surface area contributed by atoms with Crippen LogP contribution < -0.4 is 15.4 Å². The predicted octanol–water partition coefficient (Wildman–Crippen LogP) is 1.46. The number of nitrogens with zero attached hydrogens (tertiary/aromatic N) is 2. The second kappa shape index (κ2) is 12.1. The molecule has 9 nitrogen and oxygen atoms in total. The van der Waals surface area contributed by atoms with Crippen molar-refractivity contribution in [2.75, 3.05) is 47.4 Å². The van der Waals surface area contributed by atoms with Crippen LogP contribution in [0.5, 0.6) is 5.75 Å². The highest BCUT2D eigenvalue weighted by atomic mass is 16.5. The standard InChI is InChI=1S/C27H42N4O5/c1-18(2)15-22-27(35)30-23(26(34)29-22)17-21(25(33)28-11-6-7-12-31(3,4)5)24(30)19-9-8-10-20(16-19)36-14-13-32/h8-10,16,18,21-24,32H,6-7,11-15,17H2,1-5H3,(H-,28,29,33,34)/p+1/t21-,22-,23-,24-/m0/s1. The number of piperazine rings is 1. The molecule has 2 aliphatic heterocycles. The molecule has 3 N–H and O–H groups in total. The molecule has 2 saturated heterocycles. The minimum absolute atomic E-state index is 0.115. The van der Waals surface area contributed by atoms with Gasteiger partial charge in [0.05, 0.1) is 46.3 Å². The van der Waals surface area contributed by atoms with E-state index in [9.17, 15) is 14.4 Å². The maximum absolute atomic E-state index is 13.6. The Kier molecular flexibility index (Phi) is 9.35. The number of ether oxygens (including phenoxy) is 1. The summed E-state index contributed by atoms with van der Waals surface area (Å²) in [6, 6.07) is 5.44. The van der Waals surface area contributed by atoms with Crippen LogP contribution in [0.1, 0.15) is 51.1 Å². The Hall–Kier alpha value is -2.65. The van der Waals surface area contributed by atoms with Crippen LogP contribution in [-0.2, 0) is 14.4 Å². The maximum atomic E-state index is 13.6. The summed E-state index contributed by atoms with van der Waals surface area (Å²) < 4.78 is 6.47. The smallest absolute Gasteiger partial charge is 0.246 e. The van der Waals surface area contributed by atoms with Gasteiger partial charge in [0.15, 0.2) is 0 Å². The first-order valence-corrected chi connectivity index (χ1v) is 13.1. The molecule has 9 heteroatoms. The molecule has 2 heterocycles. The third-order valence-electron chi connectivity index (χ3n) is 6.82. The largest absolute Gasteiger partial charge is 0.491 e. The van der Waals surface area contributed by atoms with Crippen LogP contribution in [0.25, 0.3) is 0 Å². The fourth-order valence-corrected chi connectivity index (χ4v) is 5.18. The molecule has 0 unspecified atom stereocenters. The second-order valence-corrected chi connectivity index (χ2v) is 11.4. The van der Waals surface area contributed by atoms with E-state index in [-0.39, 0.29) is 43.3 Å². The van der Waals surface area contributed by atoms with Gasteiger partial charge < -0.3 is 29.9 Å². The second-order valence-electron chi connectivity index (χ2n) is 11.4. The van der Waals surface area contributed by atoms with E-state index in [1.165, 1.54) is 0 Å². The summed E-state index contributed by atoms with van der Waals surface area (Å²) in [4.78, 5) is 41.7. The van der Waals surface area contributed by atoms with E-state index in [0.29, 0.717) is 18.7 Å². The highest BCUT2D eigenvalue weighted by molar-refractivity contribution is 5.99. The van der Waals surface area contributed by atoms with Gasteiger partial charge in [0, 0.05) is 6.54 Å². The van der Waals surface area contributed by atoms with Gasteiger partial charge >= 0.3 is 0 Å². The molecule has 0 spiro atoms. The highest BCUT2D eigenvalue weighted by Gasteiger charge is 2.54. The minimum atomic E-state index is -0.679. The molecule has 0 aliphatic carbocycles. The number of benzene rings is 1. The monoisotopic (exact) mass is 503 g/mol. The number of hydrogen-bond acceptors (Lipinski definition) is 5. The van der Waals surface area contributed by atoms with Gasteiger partial charge in [-0.25, -0.2) is 0 Å². The Bertz CT molecular complexity index is 929. The van der Waals surface area contributed by atoms with Crippen molar-refractivity contribution in [1.29, 1.82) is 0 Å². The van der Waals surface area contributed by atoms with E-state index >= 15 is 0 Å². The Balaban J connectivity index is 1.84. The third-order valence-corrected chi connectivity index (χ3v) is 6.82. The Morgan fingerprint density at radius 2 is 2.00 bits per heavy atom. The number of fused-ring (bicyclic) bond motifs is 1. The lowest BCUT2D eigenvalue weighted by molar-refractivity contribution is -0.870. The van der Waals surface area contributed by atoms with Gasteiger partial charge in [-0.05, 0) is 49.3 Å². The molecule has 3 amide bonds. The van der Waals surface area contributed by atoms with Crippen molar-refractivity contribution in [2.45, 2.75) is 57.7 Å². The predicted molar refractivity (Wildman–Crippen MR) is 137 cm³/mol. The number of carbonyl (C=O) groups excluding carboxylic acids is 3. The summed E-state index contributed by atoms with van der Waals surface area (Å²) >= 11 is 0. The van der Waals surface area contributed by atoms with Crippen molar-refractivity contribution in [3.05, 3.63) is 29.8 Å².